The smallest absolute Gasteiger partial charge is 0.0349 e. The van der Waals surface area contributed by atoms with Gasteiger partial charge in [0.1, 0.15) is 0 Å². The second kappa shape index (κ2) is 8.52. The van der Waals surface area contributed by atoms with Gasteiger partial charge in [-0.25, -0.2) is 0 Å². The minimum atomic E-state index is 0.995. The van der Waals surface area contributed by atoms with Gasteiger partial charge in [-0.1, -0.05) is 47.5 Å². The maximum Gasteiger partial charge on any atom is 0.0349 e. The Bertz CT molecular complexity index is 601. The molecule has 0 spiro atoms. The van der Waals surface area contributed by atoms with E-state index in [1.54, 1.807) is 0 Å². The lowest BCUT2D eigenvalue weighted by Crippen LogP contribution is -2.17. The quantitative estimate of drug-likeness (QED) is 0.597. The summed E-state index contributed by atoms with van der Waals surface area (Å²) in [6.45, 7) is 6.51. The van der Waals surface area contributed by atoms with Crippen LogP contribution in [0.5, 0.6) is 0 Å². The van der Waals surface area contributed by atoms with E-state index in [0.717, 1.165) is 24.0 Å². The van der Waals surface area contributed by atoms with Gasteiger partial charge in [-0.3, -0.25) is 0 Å². The SMILES string of the molecule is CCCNCC(=Cc1ccc(-c2cccc(Br)c2)s1)CC. The van der Waals surface area contributed by atoms with E-state index in [9.17, 15) is 0 Å². The van der Waals surface area contributed by atoms with E-state index in [0.29, 0.717) is 0 Å². The van der Waals surface area contributed by atoms with Crippen molar-refractivity contribution in [3.63, 3.8) is 0 Å². The number of rotatable bonds is 7. The first-order valence-electron chi connectivity index (χ1n) is 7.49. The van der Waals surface area contributed by atoms with Gasteiger partial charge in [0, 0.05) is 20.8 Å². The molecule has 0 unspecified atom stereocenters. The first-order chi connectivity index (χ1) is 10.2. The number of halogens is 1. The molecule has 1 aromatic carbocycles. The van der Waals surface area contributed by atoms with Crippen LogP contribution in [0, 0.1) is 0 Å². The zero-order valence-corrected chi connectivity index (χ0v) is 15.1. The van der Waals surface area contributed by atoms with Crippen LogP contribution in [0.4, 0.5) is 0 Å². The van der Waals surface area contributed by atoms with E-state index < -0.39 is 0 Å². The monoisotopic (exact) mass is 363 g/mol. The molecule has 0 saturated heterocycles. The summed E-state index contributed by atoms with van der Waals surface area (Å²) >= 11 is 5.39. The minimum Gasteiger partial charge on any atom is -0.313 e. The summed E-state index contributed by atoms with van der Waals surface area (Å²) in [7, 11) is 0. The molecule has 112 valence electrons. The standard InChI is InChI=1S/C18H22BrNS/c1-3-10-20-13-14(4-2)11-17-8-9-18(21-17)15-6-5-7-16(19)12-15/h5-9,11-12,20H,3-4,10,13H2,1-2H3. The predicted molar refractivity (Wildman–Crippen MR) is 98.9 cm³/mol. The molecule has 0 fully saturated rings. The molecule has 1 aromatic heterocycles. The first-order valence-corrected chi connectivity index (χ1v) is 9.09. The van der Waals surface area contributed by atoms with Crippen molar-refractivity contribution in [3.05, 3.63) is 51.3 Å². The van der Waals surface area contributed by atoms with E-state index in [2.05, 4.69) is 77.6 Å². The third-order valence-electron chi connectivity index (χ3n) is 3.32. The molecule has 0 aliphatic heterocycles. The van der Waals surface area contributed by atoms with E-state index in [1.807, 2.05) is 11.3 Å². The van der Waals surface area contributed by atoms with Crippen LogP contribution < -0.4 is 5.32 Å². The van der Waals surface area contributed by atoms with Gasteiger partial charge in [0.25, 0.3) is 0 Å². The number of nitrogens with one attached hydrogen (secondary N) is 1. The Morgan fingerprint density at radius 1 is 1.24 bits per heavy atom. The summed E-state index contributed by atoms with van der Waals surface area (Å²) in [6, 6.07) is 12.9. The fourth-order valence-corrected chi connectivity index (χ4v) is 3.53. The molecule has 2 aromatic rings. The van der Waals surface area contributed by atoms with Gasteiger partial charge in [-0.05, 0) is 55.3 Å². The van der Waals surface area contributed by atoms with Gasteiger partial charge < -0.3 is 5.32 Å². The van der Waals surface area contributed by atoms with Crippen LogP contribution in [0.1, 0.15) is 31.6 Å². The molecule has 0 radical (unpaired) electrons. The summed E-state index contributed by atoms with van der Waals surface area (Å²) in [5, 5.41) is 3.48. The molecule has 0 saturated carbocycles. The number of hydrogen-bond donors (Lipinski definition) is 1. The molecule has 2 rings (SSSR count). The number of thiophene rings is 1. The summed E-state index contributed by atoms with van der Waals surface area (Å²) < 4.78 is 1.13. The minimum absolute atomic E-state index is 0.995. The molecular weight excluding hydrogens is 342 g/mol. The third-order valence-corrected chi connectivity index (χ3v) is 4.89. The molecule has 0 aliphatic rings. The zero-order chi connectivity index (χ0) is 15.1. The highest BCUT2D eigenvalue weighted by Crippen LogP contribution is 2.31. The Hall–Kier alpha value is -0.900. The van der Waals surface area contributed by atoms with Gasteiger partial charge in [-0.2, -0.15) is 0 Å². The van der Waals surface area contributed by atoms with Crippen molar-refractivity contribution in [2.75, 3.05) is 13.1 Å². The maximum atomic E-state index is 3.54. The summed E-state index contributed by atoms with van der Waals surface area (Å²) in [4.78, 5) is 2.65. The molecular formula is C18H22BrNS. The number of benzene rings is 1. The normalized spacial score (nSPS) is 11.9. The van der Waals surface area contributed by atoms with Gasteiger partial charge in [-0.15, -0.1) is 11.3 Å². The van der Waals surface area contributed by atoms with E-state index in [1.165, 1.54) is 27.3 Å². The van der Waals surface area contributed by atoms with Gasteiger partial charge in [0.2, 0.25) is 0 Å². The van der Waals surface area contributed by atoms with Crippen molar-refractivity contribution >= 4 is 33.3 Å². The molecule has 21 heavy (non-hydrogen) atoms. The second-order valence-corrected chi connectivity index (χ2v) is 7.08. The lowest BCUT2D eigenvalue weighted by atomic mass is 10.1. The fourth-order valence-electron chi connectivity index (χ4n) is 2.13. The highest BCUT2D eigenvalue weighted by Gasteiger charge is 2.03. The van der Waals surface area contributed by atoms with Crippen molar-refractivity contribution in [3.8, 4) is 10.4 Å². The number of hydrogen-bond acceptors (Lipinski definition) is 2. The van der Waals surface area contributed by atoms with Crippen molar-refractivity contribution in [1.29, 1.82) is 0 Å². The summed E-state index contributed by atoms with van der Waals surface area (Å²) in [5.41, 5.74) is 2.74. The average Bonchev–Trinajstić information content (AvgIpc) is 2.95. The second-order valence-electron chi connectivity index (χ2n) is 5.05. The van der Waals surface area contributed by atoms with Crippen molar-refractivity contribution in [2.24, 2.45) is 0 Å². The first kappa shape index (κ1) is 16.5. The van der Waals surface area contributed by atoms with Crippen molar-refractivity contribution in [2.45, 2.75) is 26.7 Å². The van der Waals surface area contributed by atoms with Crippen molar-refractivity contribution < 1.29 is 0 Å². The zero-order valence-electron chi connectivity index (χ0n) is 12.7. The summed E-state index contributed by atoms with van der Waals surface area (Å²) in [6.07, 6.45) is 4.61. The van der Waals surface area contributed by atoms with Crippen LogP contribution in [-0.2, 0) is 0 Å². The van der Waals surface area contributed by atoms with Gasteiger partial charge in [0.15, 0.2) is 0 Å². The highest BCUT2D eigenvalue weighted by atomic mass is 79.9. The molecule has 0 amide bonds. The molecule has 1 nitrogen and oxygen atoms in total. The van der Waals surface area contributed by atoms with Crippen LogP contribution in [0.2, 0.25) is 0 Å². The molecule has 0 atom stereocenters. The molecule has 3 heteroatoms. The average molecular weight is 364 g/mol. The molecule has 0 bridgehead atoms. The summed E-state index contributed by atoms with van der Waals surface area (Å²) in [5.74, 6) is 0. The fraction of sp³-hybridized carbons (Fsp3) is 0.333. The Morgan fingerprint density at radius 2 is 2.10 bits per heavy atom. The molecule has 1 heterocycles. The lowest BCUT2D eigenvalue weighted by Gasteiger charge is -2.05. The van der Waals surface area contributed by atoms with Crippen LogP contribution in [-0.4, -0.2) is 13.1 Å². The van der Waals surface area contributed by atoms with Crippen LogP contribution in [0.15, 0.2) is 46.4 Å². The Balaban J connectivity index is 2.11. The lowest BCUT2D eigenvalue weighted by molar-refractivity contribution is 0.706. The van der Waals surface area contributed by atoms with E-state index in [4.69, 9.17) is 0 Å². The Morgan fingerprint density at radius 3 is 2.81 bits per heavy atom. The third kappa shape index (κ3) is 5.10. The molecule has 0 aliphatic carbocycles. The van der Waals surface area contributed by atoms with Gasteiger partial charge in [0.05, 0.1) is 0 Å². The maximum absolute atomic E-state index is 3.54. The van der Waals surface area contributed by atoms with Gasteiger partial charge >= 0.3 is 0 Å². The van der Waals surface area contributed by atoms with Crippen LogP contribution >= 0.6 is 27.3 Å². The van der Waals surface area contributed by atoms with E-state index in [-0.39, 0.29) is 0 Å². The predicted octanol–water partition coefficient (Wildman–Crippen LogP) is 5.97. The topological polar surface area (TPSA) is 12.0 Å². The highest BCUT2D eigenvalue weighted by molar-refractivity contribution is 9.10. The Labute approximate surface area is 140 Å². The van der Waals surface area contributed by atoms with E-state index >= 15 is 0 Å². The van der Waals surface area contributed by atoms with Crippen LogP contribution in [0.25, 0.3) is 16.5 Å². The van der Waals surface area contributed by atoms with Crippen LogP contribution in [0.3, 0.4) is 0 Å². The largest absolute Gasteiger partial charge is 0.313 e. The van der Waals surface area contributed by atoms with Crippen molar-refractivity contribution in [1.82, 2.24) is 5.32 Å². The molecule has 1 N–H and O–H groups in total. The Kier molecular flexibility index (Phi) is 6.68.